The maximum absolute atomic E-state index is 11.7. The summed E-state index contributed by atoms with van der Waals surface area (Å²) in [6, 6.07) is 13.5. The van der Waals surface area contributed by atoms with Gasteiger partial charge in [-0.2, -0.15) is 0 Å². The van der Waals surface area contributed by atoms with Gasteiger partial charge in [-0.25, -0.2) is 0 Å². The molecule has 18 heavy (non-hydrogen) atoms. The van der Waals surface area contributed by atoms with Crippen molar-refractivity contribution in [2.45, 2.75) is 19.3 Å². The molecule has 2 rings (SSSR count). The normalized spacial score (nSPS) is 10.2. The van der Waals surface area contributed by atoms with Crippen molar-refractivity contribution < 1.29 is 9.53 Å². The molecule has 0 heterocycles. The van der Waals surface area contributed by atoms with Crippen molar-refractivity contribution in [2.75, 3.05) is 0 Å². The number of rotatable bonds is 5. The second kappa shape index (κ2) is 6.01. The van der Waals surface area contributed by atoms with Crippen LogP contribution >= 0.6 is 0 Å². The first-order chi connectivity index (χ1) is 8.81. The van der Waals surface area contributed by atoms with E-state index < -0.39 is 0 Å². The van der Waals surface area contributed by atoms with Gasteiger partial charge in [0.1, 0.15) is 5.75 Å². The minimum atomic E-state index is -0.215. The Bertz CT molecular complexity index is 553. The van der Waals surface area contributed by atoms with E-state index in [-0.39, 0.29) is 5.97 Å². The van der Waals surface area contributed by atoms with Gasteiger partial charge in [-0.05, 0) is 24.3 Å². The van der Waals surface area contributed by atoms with E-state index in [1.165, 1.54) is 0 Å². The lowest BCUT2D eigenvalue weighted by atomic mass is 10.1. The van der Waals surface area contributed by atoms with Crippen molar-refractivity contribution >= 4 is 16.7 Å². The summed E-state index contributed by atoms with van der Waals surface area (Å²) < 4.78 is 5.38. The maximum atomic E-state index is 11.7. The zero-order valence-corrected chi connectivity index (χ0v) is 10.1. The van der Waals surface area contributed by atoms with Crippen LogP contribution in [0.3, 0.4) is 0 Å². The number of ether oxygens (including phenoxy) is 1. The van der Waals surface area contributed by atoms with E-state index in [2.05, 4.69) is 0 Å². The largest absolute Gasteiger partial charge is 0.426 e. The summed E-state index contributed by atoms with van der Waals surface area (Å²) in [5, 5.41) is 2.02. The summed E-state index contributed by atoms with van der Waals surface area (Å²) in [7, 11) is 0. The fourth-order valence-electron chi connectivity index (χ4n) is 1.82. The number of allylic oxidation sites excluding steroid dienone is 1. The molecule has 91 valence electrons. The van der Waals surface area contributed by atoms with Crippen molar-refractivity contribution in [1.29, 1.82) is 0 Å². The average Bonchev–Trinajstić information content (AvgIpc) is 2.39. The summed E-state index contributed by atoms with van der Waals surface area (Å²) in [5.41, 5.74) is 0. The minimum absolute atomic E-state index is 0.215. The predicted octanol–water partition coefficient (Wildman–Crippen LogP) is 3.90. The van der Waals surface area contributed by atoms with Gasteiger partial charge in [0.25, 0.3) is 0 Å². The fraction of sp³-hybridized carbons (Fsp3) is 0.188. The Morgan fingerprint density at radius 2 is 1.94 bits per heavy atom. The number of unbranched alkanes of at least 4 members (excludes halogenated alkanes) is 1. The SMILES string of the molecule is [CH]=CCCCC(=O)Oc1cccc2ccccc12. The number of carbonyl (C=O) groups is 1. The Balaban J connectivity index is 2.11. The third-order valence-electron chi connectivity index (χ3n) is 2.73. The second-order valence-corrected chi connectivity index (χ2v) is 4.08. The minimum Gasteiger partial charge on any atom is -0.426 e. The Morgan fingerprint density at radius 1 is 1.17 bits per heavy atom. The van der Waals surface area contributed by atoms with Crippen LogP contribution in [0.2, 0.25) is 0 Å². The predicted molar refractivity (Wildman–Crippen MR) is 72.3 cm³/mol. The standard InChI is InChI=1S/C16H15O2/c1-2-3-4-12-16(17)18-15-11-7-9-13-8-5-6-10-14(13)15/h1-2,5-11H,3-4,12H2. The van der Waals surface area contributed by atoms with Crippen LogP contribution < -0.4 is 4.74 Å². The molecular formula is C16H15O2. The maximum Gasteiger partial charge on any atom is 0.311 e. The van der Waals surface area contributed by atoms with Crippen molar-refractivity contribution in [1.82, 2.24) is 0 Å². The van der Waals surface area contributed by atoms with Crippen LogP contribution in [-0.2, 0) is 4.79 Å². The molecule has 1 radical (unpaired) electrons. The van der Waals surface area contributed by atoms with E-state index in [1.807, 2.05) is 42.5 Å². The Labute approximate surface area is 107 Å². The lowest BCUT2D eigenvalue weighted by Crippen LogP contribution is -2.07. The van der Waals surface area contributed by atoms with Crippen LogP contribution in [0, 0.1) is 6.58 Å². The lowest BCUT2D eigenvalue weighted by Gasteiger charge is -2.07. The molecule has 2 heteroatoms. The average molecular weight is 239 g/mol. The number of benzene rings is 2. The first-order valence-corrected chi connectivity index (χ1v) is 6.03. The number of hydrogen-bond acceptors (Lipinski definition) is 2. The third-order valence-corrected chi connectivity index (χ3v) is 2.73. The molecule has 0 aliphatic heterocycles. The molecule has 0 aliphatic carbocycles. The zero-order valence-electron chi connectivity index (χ0n) is 10.1. The summed E-state index contributed by atoms with van der Waals surface area (Å²) in [4.78, 5) is 11.7. The van der Waals surface area contributed by atoms with Crippen molar-refractivity contribution in [3.63, 3.8) is 0 Å². The second-order valence-electron chi connectivity index (χ2n) is 4.08. The fourth-order valence-corrected chi connectivity index (χ4v) is 1.82. The third kappa shape index (κ3) is 2.98. The van der Waals surface area contributed by atoms with E-state index in [9.17, 15) is 4.79 Å². The van der Waals surface area contributed by atoms with Gasteiger partial charge in [0.05, 0.1) is 0 Å². The van der Waals surface area contributed by atoms with E-state index in [0.29, 0.717) is 12.2 Å². The summed E-state index contributed by atoms with van der Waals surface area (Å²) in [5.74, 6) is 0.406. The number of esters is 1. The molecule has 0 unspecified atom stereocenters. The van der Waals surface area contributed by atoms with Gasteiger partial charge in [0, 0.05) is 11.8 Å². The molecule has 0 bridgehead atoms. The molecule has 2 nitrogen and oxygen atoms in total. The molecule has 0 fully saturated rings. The Morgan fingerprint density at radius 3 is 2.78 bits per heavy atom. The molecule has 0 aromatic heterocycles. The molecule has 0 amide bonds. The zero-order chi connectivity index (χ0) is 12.8. The summed E-state index contributed by atoms with van der Waals surface area (Å²) in [6.07, 6.45) is 3.40. The molecule has 0 atom stereocenters. The topological polar surface area (TPSA) is 26.3 Å². The van der Waals surface area contributed by atoms with Crippen LogP contribution in [0.5, 0.6) is 5.75 Å². The van der Waals surface area contributed by atoms with Gasteiger partial charge in [0.2, 0.25) is 0 Å². The van der Waals surface area contributed by atoms with Gasteiger partial charge in [-0.3, -0.25) is 4.79 Å². The quantitative estimate of drug-likeness (QED) is 0.449. The number of carbonyl (C=O) groups excluding carboxylic acids is 1. The highest BCUT2D eigenvalue weighted by Crippen LogP contribution is 2.25. The highest BCUT2D eigenvalue weighted by Gasteiger charge is 2.07. The Hall–Kier alpha value is -2.09. The monoisotopic (exact) mass is 239 g/mol. The van der Waals surface area contributed by atoms with Crippen LogP contribution in [-0.4, -0.2) is 5.97 Å². The Kier molecular flexibility index (Phi) is 4.13. The molecule has 2 aromatic carbocycles. The van der Waals surface area contributed by atoms with Crippen molar-refractivity contribution in [3.05, 3.63) is 55.1 Å². The van der Waals surface area contributed by atoms with E-state index >= 15 is 0 Å². The van der Waals surface area contributed by atoms with Crippen LogP contribution in [0.4, 0.5) is 0 Å². The van der Waals surface area contributed by atoms with Crippen molar-refractivity contribution in [2.24, 2.45) is 0 Å². The van der Waals surface area contributed by atoms with Crippen molar-refractivity contribution in [3.8, 4) is 5.75 Å². The molecule has 0 saturated carbocycles. The van der Waals surface area contributed by atoms with Gasteiger partial charge in [-0.15, -0.1) is 0 Å². The number of hydrogen-bond donors (Lipinski definition) is 0. The lowest BCUT2D eigenvalue weighted by molar-refractivity contribution is -0.134. The molecule has 0 spiro atoms. The van der Waals surface area contributed by atoms with Crippen LogP contribution in [0.1, 0.15) is 19.3 Å². The molecule has 0 aliphatic rings. The number of fused-ring (bicyclic) bond motifs is 1. The van der Waals surface area contributed by atoms with Gasteiger partial charge in [-0.1, -0.05) is 49.1 Å². The first kappa shape index (κ1) is 12.4. The highest BCUT2D eigenvalue weighted by molar-refractivity contribution is 5.90. The first-order valence-electron chi connectivity index (χ1n) is 6.03. The molecular weight excluding hydrogens is 224 g/mol. The van der Waals surface area contributed by atoms with E-state index in [0.717, 1.165) is 23.6 Å². The van der Waals surface area contributed by atoms with E-state index in [4.69, 9.17) is 11.3 Å². The van der Waals surface area contributed by atoms with E-state index in [1.54, 1.807) is 6.08 Å². The van der Waals surface area contributed by atoms with Gasteiger partial charge < -0.3 is 4.74 Å². The smallest absolute Gasteiger partial charge is 0.311 e. The molecule has 2 aromatic rings. The van der Waals surface area contributed by atoms with Crippen LogP contribution in [0.25, 0.3) is 10.8 Å². The molecule has 0 N–H and O–H groups in total. The van der Waals surface area contributed by atoms with Gasteiger partial charge in [0.15, 0.2) is 0 Å². The molecule has 0 saturated heterocycles. The van der Waals surface area contributed by atoms with Gasteiger partial charge >= 0.3 is 5.97 Å². The highest BCUT2D eigenvalue weighted by atomic mass is 16.5. The summed E-state index contributed by atoms with van der Waals surface area (Å²) >= 11 is 0. The van der Waals surface area contributed by atoms with Crippen LogP contribution in [0.15, 0.2) is 48.5 Å². The summed E-state index contributed by atoms with van der Waals surface area (Å²) in [6.45, 7) is 5.26.